The van der Waals surface area contributed by atoms with Crippen LogP contribution in [0.15, 0.2) is 36.7 Å². The van der Waals surface area contributed by atoms with Crippen LogP contribution in [0, 0.1) is 0 Å². The highest BCUT2D eigenvalue weighted by Crippen LogP contribution is 2.28. The van der Waals surface area contributed by atoms with Gasteiger partial charge in [0.05, 0.1) is 12.7 Å². The molecule has 110 valence electrons. The Hall–Kier alpha value is -1.60. The van der Waals surface area contributed by atoms with E-state index in [-0.39, 0.29) is 12.3 Å². The lowest BCUT2D eigenvalue weighted by atomic mass is 9.91. The van der Waals surface area contributed by atoms with Gasteiger partial charge >= 0.3 is 0 Å². The van der Waals surface area contributed by atoms with Crippen molar-refractivity contribution in [1.29, 1.82) is 0 Å². The van der Waals surface area contributed by atoms with Crippen molar-refractivity contribution in [2.75, 3.05) is 6.61 Å². The van der Waals surface area contributed by atoms with Crippen LogP contribution in [0.1, 0.15) is 23.7 Å². The van der Waals surface area contributed by atoms with Gasteiger partial charge in [0.25, 0.3) is 0 Å². The number of H-pyrrole nitrogens is 2. The predicted octanol–water partition coefficient (Wildman–Crippen LogP) is -0.0602. The van der Waals surface area contributed by atoms with Crippen molar-refractivity contribution in [3.05, 3.63) is 48.0 Å². The molecule has 0 bridgehead atoms. The first kappa shape index (κ1) is 14.8. The van der Waals surface area contributed by atoms with E-state index in [1.165, 1.54) is 0 Å². The zero-order chi connectivity index (χ0) is 14.5. The summed E-state index contributed by atoms with van der Waals surface area (Å²) < 4.78 is 0. The van der Waals surface area contributed by atoms with E-state index in [0.717, 1.165) is 11.4 Å². The van der Waals surface area contributed by atoms with Gasteiger partial charge in [-0.15, -0.1) is 0 Å². The monoisotopic (exact) mass is 280 g/mol. The van der Waals surface area contributed by atoms with Crippen LogP contribution in [0.2, 0.25) is 0 Å². The second-order valence-corrected chi connectivity index (χ2v) is 4.85. The molecule has 0 aromatic carbocycles. The van der Waals surface area contributed by atoms with Gasteiger partial charge in [0.1, 0.15) is 12.2 Å². The largest absolute Gasteiger partial charge is 0.394 e. The summed E-state index contributed by atoms with van der Waals surface area (Å²) in [6, 6.07) is 7.51. The van der Waals surface area contributed by atoms with Gasteiger partial charge in [0.15, 0.2) is 0 Å². The molecule has 0 radical (unpaired) electrons. The second-order valence-electron chi connectivity index (χ2n) is 4.85. The lowest BCUT2D eigenvalue weighted by Crippen LogP contribution is -2.40. The molecular formula is C14H20N2O4. The maximum absolute atomic E-state index is 10.0. The molecule has 3 atom stereocenters. The molecule has 2 heterocycles. The Morgan fingerprint density at radius 3 is 1.85 bits per heavy atom. The molecule has 0 spiro atoms. The summed E-state index contributed by atoms with van der Waals surface area (Å²) in [6.07, 6.45) is -0.0777. The van der Waals surface area contributed by atoms with E-state index in [0.29, 0.717) is 0 Å². The smallest absolute Gasteiger partial charge is 0.108 e. The molecule has 2 rings (SSSR count). The van der Waals surface area contributed by atoms with Crippen LogP contribution >= 0.6 is 0 Å². The summed E-state index contributed by atoms with van der Waals surface area (Å²) in [4.78, 5) is 6.18. The normalized spacial score (nSPS) is 16.2. The number of aliphatic hydroxyl groups excluding tert-OH is 4. The van der Waals surface area contributed by atoms with Gasteiger partial charge in [0, 0.05) is 29.7 Å². The summed E-state index contributed by atoms with van der Waals surface area (Å²) in [7, 11) is 0. The minimum atomic E-state index is -1.38. The zero-order valence-electron chi connectivity index (χ0n) is 11.0. The fourth-order valence-corrected chi connectivity index (χ4v) is 2.29. The van der Waals surface area contributed by atoms with E-state index in [4.69, 9.17) is 5.11 Å². The highest BCUT2D eigenvalue weighted by Gasteiger charge is 2.28. The first-order valence-corrected chi connectivity index (χ1v) is 6.55. The highest BCUT2D eigenvalue weighted by molar-refractivity contribution is 5.23. The van der Waals surface area contributed by atoms with E-state index in [2.05, 4.69) is 9.97 Å². The van der Waals surface area contributed by atoms with Crippen molar-refractivity contribution in [1.82, 2.24) is 9.97 Å². The SMILES string of the molecule is OC[C@@H](O)[C@@H](O)[C@H](O)CC(c1ccc[nH]1)c1ccc[nH]1. The molecule has 0 saturated carbocycles. The second kappa shape index (κ2) is 6.71. The number of rotatable bonds is 7. The van der Waals surface area contributed by atoms with Gasteiger partial charge in [-0.2, -0.15) is 0 Å². The van der Waals surface area contributed by atoms with Gasteiger partial charge in [-0.05, 0) is 30.7 Å². The molecule has 20 heavy (non-hydrogen) atoms. The summed E-state index contributed by atoms with van der Waals surface area (Å²) in [5.74, 6) is -0.157. The Bertz CT molecular complexity index is 449. The molecule has 0 unspecified atom stereocenters. The van der Waals surface area contributed by atoms with Gasteiger partial charge in [0.2, 0.25) is 0 Å². The Morgan fingerprint density at radius 2 is 1.45 bits per heavy atom. The Balaban J connectivity index is 2.13. The van der Waals surface area contributed by atoms with Crippen LogP contribution in [-0.2, 0) is 0 Å². The molecule has 0 aliphatic carbocycles. The van der Waals surface area contributed by atoms with E-state index in [1.54, 1.807) is 12.4 Å². The van der Waals surface area contributed by atoms with Gasteiger partial charge in [-0.3, -0.25) is 0 Å². The van der Waals surface area contributed by atoms with Crippen molar-refractivity contribution < 1.29 is 20.4 Å². The van der Waals surface area contributed by atoms with Crippen LogP contribution in [0.25, 0.3) is 0 Å². The standard InChI is InChI=1S/C14H20N2O4/c17-8-13(19)14(20)12(18)7-9(10-3-1-5-15-10)11-4-2-6-16-11/h1-6,9,12-20H,7-8H2/t12-,13-,14+/m1/s1. The van der Waals surface area contributed by atoms with Gasteiger partial charge < -0.3 is 30.4 Å². The third-order valence-electron chi connectivity index (χ3n) is 3.45. The van der Waals surface area contributed by atoms with Crippen molar-refractivity contribution in [2.24, 2.45) is 0 Å². The van der Waals surface area contributed by atoms with Crippen LogP contribution in [0.3, 0.4) is 0 Å². The van der Waals surface area contributed by atoms with Crippen LogP contribution in [0.5, 0.6) is 0 Å². The zero-order valence-corrected chi connectivity index (χ0v) is 11.0. The van der Waals surface area contributed by atoms with E-state index >= 15 is 0 Å². The summed E-state index contributed by atoms with van der Waals surface area (Å²) in [6.45, 7) is -0.589. The van der Waals surface area contributed by atoms with Crippen LogP contribution in [-0.4, -0.2) is 55.3 Å². The number of hydrogen-bond acceptors (Lipinski definition) is 4. The topological polar surface area (TPSA) is 112 Å². The van der Waals surface area contributed by atoms with Gasteiger partial charge in [-0.25, -0.2) is 0 Å². The molecule has 6 heteroatoms. The van der Waals surface area contributed by atoms with Gasteiger partial charge in [-0.1, -0.05) is 0 Å². The van der Waals surface area contributed by atoms with E-state index in [1.807, 2.05) is 24.3 Å². The number of hydrogen-bond donors (Lipinski definition) is 6. The lowest BCUT2D eigenvalue weighted by Gasteiger charge is -2.25. The van der Waals surface area contributed by atoms with Crippen LogP contribution < -0.4 is 0 Å². The lowest BCUT2D eigenvalue weighted by molar-refractivity contribution is -0.0792. The molecular weight excluding hydrogens is 260 g/mol. The van der Waals surface area contributed by atoms with Crippen molar-refractivity contribution in [3.63, 3.8) is 0 Å². The Labute approximate surface area is 116 Å². The number of nitrogens with one attached hydrogen (secondary N) is 2. The first-order chi connectivity index (χ1) is 9.63. The summed E-state index contributed by atoms with van der Waals surface area (Å²) in [5.41, 5.74) is 1.80. The maximum Gasteiger partial charge on any atom is 0.108 e. The first-order valence-electron chi connectivity index (χ1n) is 6.55. The highest BCUT2D eigenvalue weighted by atomic mass is 16.4. The molecule has 0 amide bonds. The molecule has 6 N–H and O–H groups in total. The summed E-state index contributed by atoms with van der Waals surface area (Å²) in [5, 5.41) is 38.0. The van der Waals surface area contributed by atoms with E-state index in [9.17, 15) is 15.3 Å². The molecule has 2 aromatic rings. The molecule has 6 nitrogen and oxygen atoms in total. The molecule has 0 aliphatic heterocycles. The third kappa shape index (κ3) is 3.29. The molecule has 0 aliphatic rings. The number of aromatic amines is 2. The summed E-state index contributed by atoms with van der Waals surface area (Å²) >= 11 is 0. The minimum Gasteiger partial charge on any atom is -0.394 e. The minimum absolute atomic E-state index is 0.157. The van der Waals surface area contributed by atoms with Crippen LogP contribution in [0.4, 0.5) is 0 Å². The fourth-order valence-electron chi connectivity index (χ4n) is 2.29. The fraction of sp³-hybridized carbons (Fsp3) is 0.429. The average molecular weight is 280 g/mol. The predicted molar refractivity (Wildman–Crippen MR) is 73.2 cm³/mol. The number of aliphatic hydroxyl groups is 4. The molecule has 0 fully saturated rings. The third-order valence-corrected chi connectivity index (χ3v) is 3.45. The average Bonchev–Trinajstić information content (AvgIpc) is 3.15. The quantitative estimate of drug-likeness (QED) is 0.426. The van der Waals surface area contributed by atoms with Crippen molar-refractivity contribution >= 4 is 0 Å². The van der Waals surface area contributed by atoms with Crippen molar-refractivity contribution in [2.45, 2.75) is 30.7 Å². The van der Waals surface area contributed by atoms with E-state index < -0.39 is 24.9 Å². The molecule has 2 aromatic heterocycles. The maximum atomic E-state index is 10.0. The Kier molecular flexibility index (Phi) is 4.97. The van der Waals surface area contributed by atoms with Crippen molar-refractivity contribution in [3.8, 4) is 0 Å². The molecule has 0 saturated heterocycles. The number of aromatic nitrogens is 2. The Morgan fingerprint density at radius 1 is 0.900 bits per heavy atom.